The maximum Gasteiger partial charge on any atom is 0.293 e. The average molecular weight is 384 g/mol. The monoisotopic (exact) mass is 384 g/mol. The lowest BCUT2D eigenvalue weighted by Crippen LogP contribution is -2.44. The lowest BCUT2D eigenvalue weighted by molar-refractivity contribution is -0.384. The lowest BCUT2D eigenvalue weighted by Gasteiger charge is -2.32. The van der Waals surface area contributed by atoms with Crippen molar-refractivity contribution in [1.82, 2.24) is 4.90 Å². The first-order valence-electron chi connectivity index (χ1n) is 8.73. The van der Waals surface area contributed by atoms with Crippen molar-refractivity contribution in [3.8, 4) is 0 Å². The number of ether oxygens (including phenoxy) is 1. The summed E-state index contributed by atoms with van der Waals surface area (Å²) in [5, 5.41) is 19.6. The zero-order valence-corrected chi connectivity index (χ0v) is 15.3. The minimum absolute atomic E-state index is 0.234. The molecule has 1 aromatic rings. The summed E-state index contributed by atoms with van der Waals surface area (Å²) in [6, 6.07) is 3.93. The molecule has 2 atom stereocenters. The summed E-state index contributed by atoms with van der Waals surface area (Å²) in [7, 11) is -3.99. The smallest absolute Gasteiger partial charge is 0.293 e. The predicted molar refractivity (Wildman–Crippen MR) is 96.5 cm³/mol. The molecule has 2 fully saturated rings. The molecule has 144 valence electrons. The maximum atomic E-state index is 11.4. The molecule has 3 rings (SSSR count). The largest absolute Gasteiger partial charge is 0.381 e. The summed E-state index contributed by atoms with van der Waals surface area (Å²) in [6.45, 7) is 4.04. The van der Waals surface area contributed by atoms with Gasteiger partial charge in [0, 0.05) is 31.2 Å². The van der Waals surface area contributed by atoms with Crippen LogP contribution in [0.4, 0.5) is 11.4 Å². The van der Waals surface area contributed by atoms with Gasteiger partial charge < -0.3 is 10.1 Å². The number of sulfonamides is 1. The molecule has 0 aliphatic carbocycles. The Kier molecular flexibility index (Phi) is 5.76. The summed E-state index contributed by atoms with van der Waals surface area (Å²) < 4.78 is 28.4. The van der Waals surface area contributed by atoms with E-state index in [9.17, 15) is 18.5 Å². The van der Waals surface area contributed by atoms with Crippen molar-refractivity contribution in [2.45, 2.75) is 30.2 Å². The van der Waals surface area contributed by atoms with Crippen LogP contribution < -0.4 is 10.5 Å². The highest BCUT2D eigenvalue weighted by molar-refractivity contribution is 7.89. The first kappa shape index (κ1) is 19.0. The van der Waals surface area contributed by atoms with Crippen molar-refractivity contribution >= 4 is 21.4 Å². The Hall–Kier alpha value is -1.75. The first-order chi connectivity index (χ1) is 12.4. The molecule has 2 heterocycles. The van der Waals surface area contributed by atoms with E-state index in [0.717, 1.165) is 45.0 Å². The Morgan fingerprint density at radius 1 is 1.38 bits per heavy atom. The van der Waals surface area contributed by atoms with Crippen LogP contribution in [0.5, 0.6) is 0 Å². The van der Waals surface area contributed by atoms with Crippen molar-refractivity contribution in [3.63, 3.8) is 0 Å². The number of benzene rings is 1. The van der Waals surface area contributed by atoms with Crippen LogP contribution in [0.3, 0.4) is 0 Å². The molecule has 2 saturated heterocycles. The number of primary sulfonamides is 1. The number of nitrogens with one attached hydrogen (secondary N) is 1. The van der Waals surface area contributed by atoms with Crippen LogP contribution in [0.25, 0.3) is 0 Å². The number of anilines is 1. The second kappa shape index (κ2) is 7.87. The Balaban J connectivity index is 1.79. The Morgan fingerprint density at radius 2 is 2.12 bits per heavy atom. The van der Waals surface area contributed by atoms with E-state index in [-0.39, 0.29) is 16.6 Å². The summed E-state index contributed by atoms with van der Waals surface area (Å²) in [5.41, 5.74) is 0.00452. The summed E-state index contributed by atoms with van der Waals surface area (Å²) in [6.07, 6.45) is 3.30. The van der Waals surface area contributed by atoms with Gasteiger partial charge in [-0.15, -0.1) is 0 Å². The zero-order chi connectivity index (χ0) is 18.7. The molecule has 26 heavy (non-hydrogen) atoms. The fraction of sp³-hybridized carbons (Fsp3) is 0.625. The van der Waals surface area contributed by atoms with Crippen molar-refractivity contribution in [2.24, 2.45) is 11.1 Å². The quantitative estimate of drug-likeness (QED) is 0.533. The zero-order valence-electron chi connectivity index (χ0n) is 14.5. The van der Waals surface area contributed by atoms with E-state index < -0.39 is 14.9 Å². The summed E-state index contributed by atoms with van der Waals surface area (Å²) in [4.78, 5) is 12.9. The fourth-order valence-corrected chi connectivity index (χ4v) is 4.26. The number of hydrogen-bond acceptors (Lipinski definition) is 7. The lowest BCUT2D eigenvalue weighted by atomic mass is 9.97. The van der Waals surface area contributed by atoms with Gasteiger partial charge in [0.1, 0.15) is 5.69 Å². The molecule has 2 aliphatic heterocycles. The van der Waals surface area contributed by atoms with Crippen molar-refractivity contribution < 1.29 is 18.1 Å². The molecule has 10 heteroatoms. The third-order valence-corrected chi connectivity index (χ3v) is 6.03. The molecule has 1 aromatic carbocycles. The highest BCUT2D eigenvalue weighted by Gasteiger charge is 2.32. The molecule has 0 unspecified atom stereocenters. The van der Waals surface area contributed by atoms with Gasteiger partial charge >= 0.3 is 0 Å². The van der Waals surface area contributed by atoms with E-state index in [0.29, 0.717) is 24.8 Å². The van der Waals surface area contributed by atoms with Gasteiger partial charge in [-0.05, 0) is 44.5 Å². The topological polar surface area (TPSA) is 128 Å². The molecule has 9 nitrogen and oxygen atoms in total. The molecule has 0 radical (unpaired) electrons. The van der Waals surface area contributed by atoms with E-state index in [2.05, 4.69) is 10.2 Å². The van der Waals surface area contributed by atoms with Gasteiger partial charge in [-0.25, -0.2) is 13.6 Å². The minimum atomic E-state index is -3.99. The van der Waals surface area contributed by atoms with Crippen LogP contribution in [0.1, 0.15) is 19.3 Å². The van der Waals surface area contributed by atoms with Crippen LogP contribution in [0, 0.1) is 16.0 Å². The average Bonchev–Trinajstić information content (AvgIpc) is 3.28. The summed E-state index contributed by atoms with van der Waals surface area (Å²) in [5.74, 6) is 0.392. The molecular weight excluding hydrogens is 360 g/mol. The van der Waals surface area contributed by atoms with E-state index in [1.54, 1.807) is 0 Å². The van der Waals surface area contributed by atoms with E-state index in [1.807, 2.05) is 0 Å². The molecule has 0 aromatic heterocycles. The third kappa shape index (κ3) is 4.32. The second-order valence-corrected chi connectivity index (χ2v) is 8.36. The molecule has 3 N–H and O–H groups in total. The molecule has 0 spiro atoms. The highest BCUT2D eigenvalue weighted by atomic mass is 32.2. The normalized spacial score (nSPS) is 22.4. The molecule has 0 saturated carbocycles. The molecule has 2 aliphatic rings. The SMILES string of the molecule is NS(=O)(=O)c1ccc(NC[C@H]([C@@H]2CCOC2)N2CCCC2)c([N+](=O)[O-])c1. The maximum absolute atomic E-state index is 11.4. The van der Waals surface area contributed by atoms with Crippen molar-refractivity contribution in [3.05, 3.63) is 28.3 Å². The van der Waals surface area contributed by atoms with Gasteiger partial charge in [-0.2, -0.15) is 0 Å². The Bertz CT molecular complexity index is 742. The van der Waals surface area contributed by atoms with Crippen LogP contribution in [-0.4, -0.2) is 57.1 Å². The van der Waals surface area contributed by atoms with Crippen molar-refractivity contribution in [1.29, 1.82) is 0 Å². The molecule has 0 amide bonds. The number of likely N-dealkylation sites (tertiary alicyclic amines) is 1. The predicted octanol–water partition coefficient (Wildman–Crippen LogP) is 1.16. The number of nitrogens with zero attached hydrogens (tertiary/aromatic N) is 2. The fourth-order valence-electron chi connectivity index (χ4n) is 3.73. The van der Waals surface area contributed by atoms with Crippen LogP contribution >= 0.6 is 0 Å². The number of rotatable bonds is 7. The van der Waals surface area contributed by atoms with Gasteiger partial charge in [-0.1, -0.05) is 0 Å². The van der Waals surface area contributed by atoms with Crippen LogP contribution in [-0.2, 0) is 14.8 Å². The van der Waals surface area contributed by atoms with Crippen molar-refractivity contribution in [2.75, 3.05) is 38.2 Å². The standard InChI is InChI=1S/C16H24N4O5S/c17-26(23,24)13-3-4-14(15(9-13)20(21)22)18-10-16(12-5-8-25-11-12)19-6-1-2-7-19/h3-4,9,12,16,18H,1-2,5-8,10-11H2,(H2,17,23,24)/t12-,16-/m1/s1. The van der Waals surface area contributed by atoms with Gasteiger partial charge in [0.25, 0.3) is 5.69 Å². The number of nitrogens with two attached hydrogens (primary N) is 1. The molecule has 0 bridgehead atoms. The molecular formula is C16H24N4O5S. The van der Waals surface area contributed by atoms with Crippen LogP contribution in [0.2, 0.25) is 0 Å². The van der Waals surface area contributed by atoms with Crippen LogP contribution in [0.15, 0.2) is 23.1 Å². The number of nitro benzene ring substituents is 1. The third-order valence-electron chi connectivity index (χ3n) is 5.11. The van der Waals surface area contributed by atoms with Gasteiger partial charge in [0.2, 0.25) is 10.0 Å². The number of hydrogen-bond donors (Lipinski definition) is 2. The second-order valence-electron chi connectivity index (χ2n) is 6.80. The highest BCUT2D eigenvalue weighted by Crippen LogP contribution is 2.29. The van der Waals surface area contributed by atoms with Gasteiger partial charge in [0.05, 0.1) is 16.4 Å². The number of nitro groups is 1. The van der Waals surface area contributed by atoms with E-state index >= 15 is 0 Å². The van der Waals surface area contributed by atoms with E-state index in [4.69, 9.17) is 9.88 Å². The Labute approximate surface area is 152 Å². The minimum Gasteiger partial charge on any atom is -0.381 e. The summed E-state index contributed by atoms with van der Waals surface area (Å²) >= 11 is 0. The Morgan fingerprint density at radius 3 is 2.69 bits per heavy atom. The van der Waals surface area contributed by atoms with E-state index in [1.165, 1.54) is 12.1 Å². The van der Waals surface area contributed by atoms with Gasteiger partial charge in [0.15, 0.2) is 0 Å². The first-order valence-corrected chi connectivity index (χ1v) is 10.3. The van der Waals surface area contributed by atoms with Gasteiger partial charge in [-0.3, -0.25) is 15.0 Å².